The minimum absolute atomic E-state index is 0.230. The van der Waals surface area contributed by atoms with Crippen LogP contribution in [0.15, 0.2) is 36.5 Å². The summed E-state index contributed by atoms with van der Waals surface area (Å²) in [7, 11) is 0. The first-order valence-electron chi connectivity index (χ1n) is 6.50. The molecule has 25 heavy (non-hydrogen) atoms. The lowest BCUT2D eigenvalue weighted by molar-refractivity contribution is -0.389. The third-order valence-electron chi connectivity index (χ3n) is 2.93. The minimum Gasteiger partial charge on any atom is -0.479 e. The first-order chi connectivity index (χ1) is 11.5. The van der Waals surface area contributed by atoms with Gasteiger partial charge in [-0.05, 0) is 15.5 Å². The van der Waals surface area contributed by atoms with Crippen LogP contribution in [-0.2, 0) is 6.18 Å². The highest BCUT2D eigenvalue weighted by molar-refractivity contribution is 5.77. The number of benzene rings is 1. The quantitative estimate of drug-likeness (QED) is 0.450. The fraction of sp³-hybridized carbons (Fsp3) is 0.214. The summed E-state index contributed by atoms with van der Waals surface area (Å²) in [5.74, 6) is -2.38. The molecule has 0 unspecified atom stereocenters. The monoisotopic (exact) mass is 366 g/mol. The number of hydrogen-bond acceptors (Lipinski definition) is 4. The molecule has 0 aliphatic rings. The van der Waals surface area contributed by atoms with E-state index in [1.807, 2.05) is 0 Å². The first kappa shape index (κ1) is 18.5. The summed E-state index contributed by atoms with van der Waals surface area (Å²) in [6, 6.07) is 6.39. The molecule has 0 aliphatic carbocycles. The van der Waals surface area contributed by atoms with E-state index in [0.717, 1.165) is 12.1 Å². The van der Waals surface area contributed by atoms with Crippen LogP contribution in [0.5, 0.6) is 5.75 Å². The fourth-order valence-electron chi connectivity index (χ4n) is 2.05. The molecule has 0 spiro atoms. The van der Waals surface area contributed by atoms with E-state index in [1.54, 1.807) is 0 Å². The van der Waals surface area contributed by atoms with Gasteiger partial charge in [-0.2, -0.15) is 26.3 Å². The second kappa shape index (κ2) is 6.57. The van der Waals surface area contributed by atoms with E-state index in [2.05, 4.69) is 9.72 Å². The maximum Gasteiger partial charge on any atom is 0.422 e. The van der Waals surface area contributed by atoms with Crippen molar-refractivity contribution in [1.82, 2.24) is 4.98 Å². The van der Waals surface area contributed by atoms with Crippen LogP contribution in [0.1, 0.15) is 5.56 Å². The fourth-order valence-corrected chi connectivity index (χ4v) is 2.05. The molecule has 0 N–H and O–H groups in total. The summed E-state index contributed by atoms with van der Waals surface area (Å²) >= 11 is 0. The van der Waals surface area contributed by atoms with E-state index in [4.69, 9.17) is 0 Å². The second-order valence-corrected chi connectivity index (χ2v) is 4.72. The van der Waals surface area contributed by atoms with Gasteiger partial charge in [0.2, 0.25) is 0 Å². The summed E-state index contributed by atoms with van der Waals surface area (Å²) in [6.07, 6.45) is -9.84. The predicted molar refractivity (Wildman–Crippen MR) is 72.9 cm³/mol. The van der Waals surface area contributed by atoms with Gasteiger partial charge in [-0.15, -0.1) is 0 Å². The van der Waals surface area contributed by atoms with Gasteiger partial charge in [-0.25, -0.2) is 0 Å². The van der Waals surface area contributed by atoms with Gasteiger partial charge in [-0.3, -0.25) is 0 Å². The Morgan fingerprint density at radius 1 is 1.08 bits per heavy atom. The van der Waals surface area contributed by atoms with Crippen molar-refractivity contribution in [2.24, 2.45) is 0 Å². The number of nitro groups is 1. The van der Waals surface area contributed by atoms with Crippen molar-refractivity contribution < 1.29 is 36.0 Å². The van der Waals surface area contributed by atoms with Crippen LogP contribution in [0.4, 0.5) is 32.2 Å². The molecule has 0 saturated carbocycles. The maximum atomic E-state index is 13.4. The number of halogens is 6. The zero-order valence-electron chi connectivity index (χ0n) is 12.1. The van der Waals surface area contributed by atoms with Gasteiger partial charge < -0.3 is 14.9 Å². The molecule has 0 radical (unpaired) electrons. The number of rotatable bonds is 4. The molecule has 0 fully saturated rings. The van der Waals surface area contributed by atoms with Crippen LogP contribution < -0.4 is 4.74 Å². The Kier molecular flexibility index (Phi) is 4.86. The topological polar surface area (TPSA) is 65.3 Å². The molecule has 0 amide bonds. The van der Waals surface area contributed by atoms with E-state index >= 15 is 0 Å². The number of nitrogens with zero attached hydrogens (tertiary/aromatic N) is 2. The lowest BCUT2D eigenvalue weighted by Gasteiger charge is -2.17. The first-order valence-corrected chi connectivity index (χ1v) is 6.50. The maximum absolute atomic E-state index is 13.4. The van der Waals surface area contributed by atoms with Crippen LogP contribution in [0.2, 0.25) is 0 Å². The lowest BCUT2D eigenvalue weighted by Crippen LogP contribution is -2.21. The van der Waals surface area contributed by atoms with Crippen LogP contribution in [0.3, 0.4) is 0 Å². The largest absolute Gasteiger partial charge is 0.479 e. The zero-order valence-corrected chi connectivity index (χ0v) is 12.1. The summed E-state index contributed by atoms with van der Waals surface area (Å²) in [5.41, 5.74) is -2.88. The van der Waals surface area contributed by atoms with Crippen molar-refractivity contribution in [2.75, 3.05) is 6.61 Å². The number of ether oxygens (including phenoxy) is 1. The number of aromatic nitrogens is 1. The predicted octanol–water partition coefficient (Wildman–Crippen LogP) is 4.62. The van der Waals surface area contributed by atoms with E-state index < -0.39 is 46.6 Å². The van der Waals surface area contributed by atoms with Gasteiger partial charge in [0, 0.05) is 0 Å². The van der Waals surface area contributed by atoms with E-state index in [0.29, 0.717) is 0 Å². The number of alkyl halides is 6. The highest BCUT2D eigenvalue weighted by Gasteiger charge is 2.43. The van der Waals surface area contributed by atoms with Crippen molar-refractivity contribution in [3.63, 3.8) is 0 Å². The summed E-state index contributed by atoms with van der Waals surface area (Å²) in [4.78, 5) is 13.1. The van der Waals surface area contributed by atoms with Gasteiger partial charge >= 0.3 is 18.2 Å². The Labute approximate surface area is 136 Å². The summed E-state index contributed by atoms with van der Waals surface area (Å²) < 4.78 is 81.3. The molecule has 1 aromatic carbocycles. The van der Waals surface area contributed by atoms with Crippen molar-refractivity contribution in [3.05, 3.63) is 52.2 Å². The molecule has 0 aliphatic heterocycles. The summed E-state index contributed by atoms with van der Waals surface area (Å²) in [6.45, 7) is -2.00. The van der Waals surface area contributed by atoms with Gasteiger partial charge in [0.25, 0.3) is 0 Å². The molecule has 11 heteroatoms. The Morgan fingerprint density at radius 3 is 2.16 bits per heavy atom. The lowest BCUT2D eigenvalue weighted by atomic mass is 9.99. The van der Waals surface area contributed by atoms with Gasteiger partial charge in [0.1, 0.15) is 5.56 Å². The highest BCUT2D eigenvalue weighted by atomic mass is 19.4. The van der Waals surface area contributed by atoms with Crippen molar-refractivity contribution >= 4 is 5.82 Å². The third-order valence-corrected chi connectivity index (χ3v) is 2.93. The van der Waals surface area contributed by atoms with Crippen LogP contribution in [0.25, 0.3) is 11.1 Å². The molecule has 2 rings (SSSR count). The summed E-state index contributed by atoms with van der Waals surface area (Å²) in [5, 5.41) is 11.1. The molecule has 1 aromatic heterocycles. The molecular weight excluding hydrogens is 358 g/mol. The standard InChI is InChI=1S/C14H8F6N2O3/c15-13(16,17)7-25-9-6-21-12(22(23)24)10(11(9)14(18,19)20)8-4-2-1-3-5-8/h1-6H,7H2. The molecule has 0 bridgehead atoms. The van der Waals surface area contributed by atoms with Crippen molar-refractivity contribution in [2.45, 2.75) is 12.4 Å². The smallest absolute Gasteiger partial charge is 0.422 e. The molecule has 5 nitrogen and oxygen atoms in total. The van der Waals surface area contributed by atoms with Crippen molar-refractivity contribution in [1.29, 1.82) is 0 Å². The second-order valence-electron chi connectivity index (χ2n) is 4.72. The number of hydrogen-bond donors (Lipinski definition) is 0. The average Bonchev–Trinajstić information content (AvgIpc) is 2.51. The van der Waals surface area contributed by atoms with E-state index in [9.17, 15) is 36.5 Å². The Balaban J connectivity index is 2.74. The minimum atomic E-state index is -5.21. The SMILES string of the molecule is O=[N+]([O-])c1ncc(OCC(F)(F)F)c(C(F)(F)F)c1-c1ccccc1. The zero-order chi connectivity index (χ0) is 18.8. The molecule has 0 saturated heterocycles. The number of pyridine rings is 1. The van der Waals surface area contributed by atoms with E-state index in [1.165, 1.54) is 18.2 Å². The molecule has 0 atom stereocenters. The average molecular weight is 366 g/mol. The Hall–Kier alpha value is -2.85. The van der Waals surface area contributed by atoms with E-state index in [-0.39, 0.29) is 11.8 Å². The molecule has 1 heterocycles. The molecular formula is C14H8F6N2O3. The normalized spacial score (nSPS) is 12.1. The van der Waals surface area contributed by atoms with Crippen molar-refractivity contribution in [3.8, 4) is 16.9 Å². The van der Waals surface area contributed by atoms with Gasteiger partial charge in [0.15, 0.2) is 18.6 Å². The Morgan fingerprint density at radius 2 is 1.68 bits per heavy atom. The van der Waals surface area contributed by atoms with Crippen LogP contribution in [0, 0.1) is 10.1 Å². The van der Waals surface area contributed by atoms with Gasteiger partial charge in [-0.1, -0.05) is 30.3 Å². The highest BCUT2D eigenvalue weighted by Crippen LogP contribution is 2.46. The Bertz CT molecular complexity index is 775. The molecule has 134 valence electrons. The van der Waals surface area contributed by atoms with Crippen LogP contribution in [-0.4, -0.2) is 22.7 Å². The van der Waals surface area contributed by atoms with Gasteiger partial charge in [0.05, 0.1) is 5.56 Å². The molecule has 2 aromatic rings. The third kappa shape index (κ3) is 4.37. The van der Waals surface area contributed by atoms with Crippen LogP contribution >= 0.6 is 0 Å².